The van der Waals surface area contributed by atoms with Crippen LogP contribution < -0.4 is 5.32 Å². The van der Waals surface area contributed by atoms with Crippen molar-refractivity contribution in [1.29, 1.82) is 0 Å². The van der Waals surface area contributed by atoms with Crippen LogP contribution in [-0.4, -0.2) is 17.1 Å². The Labute approximate surface area is 118 Å². The number of phenols is 1. The number of carbonyl (C=O) groups excluding carboxylic acids is 1. The molecule has 20 heavy (non-hydrogen) atoms. The first-order valence-electron chi connectivity index (χ1n) is 6.69. The number of hydrogen-bond donors (Lipinski definition) is 2. The van der Waals surface area contributed by atoms with E-state index in [0.29, 0.717) is 5.56 Å². The molecule has 106 valence electrons. The van der Waals surface area contributed by atoms with Gasteiger partial charge in [-0.05, 0) is 50.1 Å². The summed E-state index contributed by atoms with van der Waals surface area (Å²) in [5, 5.41) is 12.5. The third-order valence-electron chi connectivity index (χ3n) is 3.25. The van der Waals surface area contributed by atoms with Gasteiger partial charge in [0.05, 0.1) is 6.26 Å². The predicted molar refractivity (Wildman–Crippen MR) is 76.8 cm³/mol. The van der Waals surface area contributed by atoms with Gasteiger partial charge in [-0.1, -0.05) is 6.07 Å². The fraction of sp³-hybridized carbons (Fsp3) is 0.312. The molecule has 4 heteroatoms. The Hall–Kier alpha value is -2.23. The molecule has 2 aromatic rings. The van der Waals surface area contributed by atoms with Crippen LogP contribution in [0.2, 0.25) is 0 Å². The van der Waals surface area contributed by atoms with E-state index in [0.717, 1.165) is 24.2 Å². The fourth-order valence-corrected chi connectivity index (χ4v) is 1.94. The molecule has 1 unspecified atom stereocenters. The molecule has 0 spiro atoms. The molecule has 2 rings (SSSR count). The van der Waals surface area contributed by atoms with Crippen LogP contribution in [-0.2, 0) is 6.42 Å². The van der Waals surface area contributed by atoms with Gasteiger partial charge in [-0.25, -0.2) is 0 Å². The minimum atomic E-state index is -0.174. The minimum Gasteiger partial charge on any atom is -0.508 e. The van der Waals surface area contributed by atoms with Gasteiger partial charge in [-0.3, -0.25) is 4.79 Å². The molecule has 0 saturated heterocycles. The highest BCUT2D eigenvalue weighted by Crippen LogP contribution is 2.17. The third-order valence-corrected chi connectivity index (χ3v) is 3.25. The molecule has 1 heterocycles. The van der Waals surface area contributed by atoms with Crippen LogP contribution in [0, 0.1) is 6.92 Å². The normalized spacial score (nSPS) is 12.1. The molecule has 0 saturated carbocycles. The number of amides is 1. The number of hydrogen-bond acceptors (Lipinski definition) is 3. The van der Waals surface area contributed by atoms with Crippen molar-refractivity contribution in [3.8, 4) is 5.75 Å². The van der Waals surface area contributed by atoms with Gasteiger partial charge >= 0.3 is 0 Å². The molecular weight excluding hydrogens is 254 g/mol. The number of aryl methyl sites for hydroxylation is 2. The SMILES string of the molecule is Cc1ccc(C(=O)NC(C)CCc2ccco2)cc1O. The number of benzene rings is 1. The first-order valence-corrected chi connectivity index (χ1v) is 6.69. The van der Waals surface area contributed by atoms with Gasteiger partial charge in [0.2, 0.25) is 0 Å². The van der Waals surface area contributed by atoms with E-state index in [1.54, 1.807) is 25.3 Å². The molecule has 1 aromatic heterocycles. The molecule has 4 nitrogen and oxygen atoms in total. The summed E-state index contributed by atoms with van der Waals surface area (Å²) in [7, 11) is 0. The summed E-state index contributed by atoms with van der Waals surface area (Å²) in [5.74, 6) is 0.882. The predicted octanol–water partition coefficient (Wildman–Crippen LogP) is 3.04. The topological polar surface area (TPSA) is 62.5 Å². The van der Waals surface area contributed by atoms with Gasteiger partial charge in [0.1, 0.15) is 11.5 Å². The first kappa shape index (κ1) is 14.2. The summed E-state index contributed by atoms with van der Waals surface area (Å²) in [4.78, 5) is 12.0. The minimum absolute atomic E-state index is 0.0380. The zero-order chi connectivity index (χ0) is 14.5. The van der Waals surface area contributed by atoms with Crippen LogP contribution >= 0.6 is 0 Å². The molecule has 0 aliphatic carbocycles. The van der Waals surface area contributed by atoms with Crippen LogP contribution in [0.5, 0.6) is 5.75 Å². The van der Waals surface area contributed by atoms with Gasteiger partial charge in [0.15, 0.2) is 0 Å². The second-order valence-corrected chi connectivity index (χ2v) is 4.99. The lowest BCUT2D eigenvalue weighted by molar-refractivity contribution is 0.0937. The Morgan fingerprint density at radius 2 is 2.20 bits per heavy atom. The van der Waals surface area contributed by atoms with Gasteiger partial charge < -0.3 is 14.8 Å². The van der Waals surface area contributed by atoms with E-state index in [2.05, 4.69) is 5.32 Å². The van der Waals surface area contributed by atoms with Crippen LogP contribution in [0.4, 0.5) is 0 Å². The number of carbonyl (C=O) groups is 1. The number of phenolic OH excluding ortho intramolecular Hbond substituents is 1. The first-order chi connectivity index (χ1) is 9.56. The summed E-state index contributed by atoms with van der Waals surface area (Å²) in [5.41, 5.74) is 1.23. The molecule has 0 radical (unpaired) electrons. The third kappa shape index (κ3) is 3.63. The summed E-state index contributed by atoms with van der Waals surface area (Å²) < 4.78 is 5.26. The molecule has 2 N–H and O–H groups in total. The van der Waals surface area contributed by atoms with Crippen LogP contribution in [0.15, 0.2) is 41.0 Å². The quantitative estimate of drug-likeness (QED) is 0.880. The Bertz CT molecular complexity index is 575. The highest BCUT2D eigenvalue weighted by Gasteiger charge is 2.11. The Morgan fingerprint density at radius 3 is 2.85 bits per heavy atom. The molecule has 0 fully saturated rings. The van der Waals surface area contributed by atoms with Gasteiger partial charge in [-0.15, -0.1) is 0 Å². The maximum Gasteiger partial charge on any atom is 0.251 e. The maximum atomic E-state index is 12.0. The highest BCUT2D eigenvalue weighted by molar-refractivity contribution is 5.94. The molecule has 1 amide bonds. The van der Waals surface area contributed by atoms with Crippen LogP contribution in [0.3, 0.4) is 0 Å². The zero-order valence-electron chi connectivity index (χ0n) is 11.7. The second-order valence-electron chi connectivity index (χ2n) is 4.99. The van der Waals surface area contributed by atoms with Crippen LogP contribution in [0.1, 0.15) is 35.0 Å². The lowest BCUT2D eigenvalue weighted by Gasteiger charge is -2.13. The van der Waals surface area contributed by atoms with E-state index in [4.69, 9.17) is 4.42 Å². The maximum absolute atomic E-state index is 12.0. The van der Waals surface area contributed by atoms with E-state index in [1.807, 2.05) is 19.1 Å². The number of nitrogens with one attached hydrogen (secondary N) is 1. The largest absolute Gasteiger partial charge is 0.508 e. The van der Waals surface area contributed by atoms with Gasteiger partial charge in [-0.2, -0.15) is 0 Å². The fourth-order valence-electron chi connectivity index (χ4n) is 1.94. The standard InChI is InChI=1S/C16H19NO3/c1-11-5-7-13(10-15(11)18)16(19)17-12(2)6-8-14-4-3-9-20-14/h3-5,7,9-10,12,18H,6,8H2,1-2H3,(H,17,19). The molecule has 1 atom stereocenters. The van der Waals surface area contributed by atoms with Crippen molar-refractivity contribution in [2.45, 2.75) is 32.7 Å². The second kappa shape index (κ2) is 6.28. The monoisotopic (exact) mass is 273 g/mol. The molecule has 1 aromatic carbocycles. The molecule has 0 bridgehead atoms. The smallest absolute Gasteiger partial charge is 0.251 e. The summed E-state index contributed by atoms with van der Waals surface area (Å²) in [6.45, 7) is 3.75. The van der Waals surface area contributed by atoms with Crippen molar-refractivity contribution >= 4 is 5.91 Å². The van der Waals surface area contributed by atoms with E-state index >= 15 is 0 Å². The highest BCUT2D eigenvalue weighted by atomic mass is 16.3. The Morgan fingerprint density at radius 1 is 1.40 bits per heavy atom. The summed E-state index contributed by atoms with van der Waals surface area (Å²) in [6.07, 6.45) is 3.23. The number of rotatable bonds is 5. The molecular formula is C16H19NO3. The van der Waals surface area contributed by atoms with E-state index in [9.17, 15) is 9.90 Å². The van der Waals surface area contributed by atoms with E-state index in [1.165, 1.54) is 6.07 Å². The average molecular weight is 273 g/mol. The molecule has 0 aliphatic rings. The van der Waals surface area contributed by atoms with Crippen molar-refractivity contribution in [2.24, 2.45) is 0 Å². The Kier molecular flexibility index (Phi) is 4.45. The summed E-state index contributed by atoms with van der Waals surface area (Å²) >= 11 is 0. The molecule has 0 aliphatic heterocycles. The van der Waals surface area contributed by atoms with Crippen LogP contribution in [0.25, 0.3) is 0 Å². The average Bonchev–Trinajstić information content (AvgIpc) is 2.92. The van der Waals surface area contributed by atoms with Crippen molar-refractivity contribution in [3.63, 3.8) is 0 Å². The van der Waals surface area contributed by atoms with Crippen molar-refractivity contribution in [2.75, 3.05) is 0 Å². The lowest BCUT2D eigenvalue weighted by atomic mass is 10.1. The van der Waals surface area contributed by atoms with Crippen molar-refractivity contribution in [1.82, 2.24) is 5.32 Å². The Balaban J connectivity index is 1.88. The summed E-state index contributed by atoms with van der Waals surface area (Å²) in [6, 6.07) is 8.75. The van der Waals surface area contributed by atoms with Gasteiger partial charge in [0.25, 0.3) is 5.91 Å². The van der Waals surface area contributed by atoms with Gasteiger partial charge in [0, 0.05) is 18.0 Å². The van der Waals surface area contributed by atoms with Crippen molar-refractivity contribution in [3.05, 3.63) is 53.5 Å². The number of furan rings is 1. The lowest BCUT2D eigenvalue weighted by Crippen LogP contribution is -2.32. The zero-order valence-corrected chi connectivity index (χ0v) is 11.7. The van der Waals surface area contributed by atoms with Crippen molar-refractivity contribution < 1.29 is 14.3 Å². The van der Waals surface area contributed by atoms with E-state index < -0.39 is 0 Å². The number of aromatic hydroxyl groups is 1. The van der Waals surface area contributed by atoms with E-state index in [-0.39, 0.29) is 17.7 Å².